The second kappa shape index (κ2) is 12.3. The Bertz CT molecular complexity index is 1170. The van der Waals surface area contributed by atoms with Gasteiger partial charge in [0.25, 0.3) is 0 Å². The number of amides is 2. The van der Waals surface area contributed by atoms with Crippen LogP contribution in [-0.4, -0.2) is 59.9 Å². The minimum Gasteiger partial charge on any atom is -0.516 e. The molecule has 4 unspecified atom stereocenters. The summed E-state index contributed by atoms with van der Waals surface area (Å²) in [6.45, 7) is -0.0860. The first-order chi connectivity index (χ1) is 18.0. The fraction of sp³-hybridized carbons (Fsp3) is 0.321. The smallest absolute Gasteiger partial charge is 0.243 e. The van der Waals surface area contributed by atoms with Gasteiger partial charge in [-0.25, -0.2) is 4.39 Å². The number of aliphatic hydroxyl groups excluding tert-OH is 1. The topological polar surface area (TPSA) is 94.0 Å². The van der Waals surface area contributed by atoms with Gasteiger partial charge in [-0.15, -0.1) is 0 Å². The van der Waals surface area contributed by atoms with Gasteiger partial charge in [-0.05, 0) is 41.9 Å². The van der Waals surface area contributed by atoms with Crippen molar-refractivity contribution in [2.75, 3.05) is 19.8 Å². The Morgan fingerprint density at radius 3 is 2.81 bits per heavy atom. The van der Waals surface area contributed by atoms with Gasteiger partial charge in [-0.1, -0.05) is 36.4 Å². The van der Waals surface area contributed by atoms with Crippen LogP contribution >= 0.6 is 0 Å². The van der Waals surface area contributed by atoms with Gasteiger partial charge in [0.15, 0.2) is 0 Å². The molecule has 1 saturated heterocycles. The number of nitrogens with one attached hydrogen (secondary N) is 2. The highest BCUT2D eigenvalue weighted by molar-refractivity contribution is 5.89. The third kappa shape index (κ3) is 6.81. The number of carbonyl (C=O) groups is 2. The van der Waals surface area contributed by atoms with Crippen molar-refractivity contribution in [3.63, 3.8) is 0 Å². The Morgan fingerprint density at radius 2 is 2.08 bits per heavy atom. The molecule has 0 bridgehead atoms. The number of benzene rings is 1. The lowest BCUT2D eigenvalue weighted by Gasteiger charge is -2.24. The number of alkyl halides is 1. The molecule has 9 heteroatoms. The zero-order valence-corrected chi connectivity index (χ0v) is 20.3. The van der Waals surface area contributed by atoms with Crippen molar-refractivity contribution < 1.29 is 23.5 Å². The van der Waals surface area contributed by atoms with E-state index in [-0.39, 0.29) is 49.1 Å². The lowest BCUT2D eigenvalue weighted by Crippen LogP contribution is -2.47. The van der Waals surface area contributed by atoms with Gasteiger partial charge in [0, 0.05) is 36.5 Å². The summed E-state index contributed by atoms with van der Waals surface area (Å²) >= 11 is 0. The van der Waals surface area contributed by atoms with E-state index in [2.05, 4.69) is 15.6 Å². The molecule has 7 nitrogen and oxygen atoms in total. The second-order valence-electron chi connectivity index (χ2n) is 9.26. The number of hydrogen-bond donors (Lipinski definition) is 3. The highest BCUT2D eigenvalue weighted by Crippen LogP contribution is 2.25. The predicted molar refractivity (Wildman–Crippen MR) is 139 cm³/mol. The lowest BCUT2D eigenvalue weighted by atomic mass is 10.0. The number of halogens is 2. The standard InChI is InChI=1S/C28H30F2N4O3/c29-15-21-12-26(28(37)32-17-24-14-22-16-31-10-9-25(22)33-24)34(18-21)27(36)13-20-5-3-19(4-6-20)7-8-23(30)2-1-11-35/h1-11,14,16,21-22,25-26,33,35H,12-13,15,17-18H2,(H,32,37)/b8-7-,11-1+,23-2+. The highest BCUT2D eigenvalue weighted by Gasteiger charge is 2.39. The summed E-state index contributed by atoms with van der Waals surface area (Å²) in [7, 11) is 0. The van der Waals surface area contributed by atoms with Gasteiger partial charge in [-0.3, -0.25) is 19.0 Å². The van der Waals surface area contributed by atoms with Crippen molar-refractivity contribution in [3.05, 3.63) is 89.8 Å². The molecule has 3 aliphatic heterocycles. The number of aliphatic imine (C=N–C) groups is 1. The Balaban J connectivity index is 1.34. The van der Waals surface area contributed by atoms with Crippen LogP contribution in [0.2, 0.25) is 0 Å². The molecule has 1 aromatic carbocycles. The maximum atomic E-state index is 13.6. The highest BCUT2D eigenvalue weighted by atomic mass is 19.1. The number of fused-ring (bicyclic) bond motifs is 1. The van der Waals surface area contributed by atoms with Gasteiger partial charge in [0.05, 0.1) is 31.9 Å². The van der Waals surface area contributed by atoms with E-state index < -0.39 is 18.5 Å². The molecule has 0 spiro atoms. The number of rotatable bonds is 9. The second-order valence-corrected chi connectivity index (χ2v) is 9.26. The minimum absolute atomic E-state index is 0.0735. The van der Waals surface area contributed by atoms with Gasteiger partial charge in [-0.2, -0.15) is 0 Å². The summed E-state index contributed by atoms with van der Waals surface area (Å²) in [5.74, 6) is -1.27. The van der Waals surface area contributed by atoms with Gasteiger partial charge in [0.1, 0.15) is 11.9 Å². The van der Waals surface area contributed by atoms with Crippen LogP contribution in [0.5, 0.6) is 0 Å². The molecular weight excluding hydrogens is 478 g/mol. The van der Waals surface area contributed by atoms with E-state index in [1.807, 2.05) is 18.4 Å². The first kappa shape index (κ1) is 26.1. The Morgan fingerprint density at radius 1 is 1.27 bits per heavy atom. The number of allylic oxidation sites excluding steroid dienone is 4. The fourth-order valence-electron chi connectivity index (χ4n) is 4.66. The summed E-state index contributed by atoms with van der Waals surface area (Å²) in [6.07, 6.45) is 13.8. The van der Waals surface area contributed by atoms with Gasteiger partial charge < -0.3 is 20.6 Å². The van der Waals surface area contributed by atoms with Gasteiger partial charge >= 0.3 is 0 Å². The molecule has 4 rings (SSSR count). The Labute approximate surface area is 214 Å². The van der Waals surface area contributed by atoms with E-state index in [4.69, 9.17) is 5.11 Å². The predicted octanol–water partition coefficient (Wildman–Crippen LogP) is 3.54. The molecule has 37 heavy (non-hydrogen) atoms. The van der Waals surface area contributed by atoms with Crippen molar-refractivity contribution in [1.29, 1.82) is 0 Å². The van der Waals surface area contributed by atoms with Crippen LogP contribution in [0.3, 0.4) is 0 Å². The molecular formula is C28H30F2N4O3. The van der Waals surface area contributed by atoms with E-state index in [9.17, 15) is 18.4 Å². The molecule has 1 fully saturated rings. The largest absolute Gasteiger partial charge is 0.516 e. The maximum absolute atomic E-state index is 13.6. The van der Waals surface area contributed by atoms with E-state index in [1.54, 1.807) is 36.5 Å². The molecule has 3 heterocycles. The van der Waals surface area contributed by atoms with Crippen molar-refractivity contribution in [3.8, 4) is 0 Å². The number of nitrogens with zero attached hydrogens (tertiary/aromatic N) is 2. The van der Waals surface area contributed by atoms with Crippen molar-refractivity contribution in [2.24, 2.45) is 16.8 Å². The number of aliphatic hydroxyl groups is 1. The number of carbonyl (C=O) groups excluding carboxylic acids is 2. The summed E-state index contributed by atoms with van der Waals surface area (Å²) in [4.78, 5) is 31.7. The van der Waals surface area contributed by atoms with Crippen molar-refractivity contribution >= 4 is 24.1 Å². The van der Waals surface area contributed by atoms with Crippen LogP contribution < -0.4 is 10.6 Å². The molecule has 2 amide bonds. The van der Waals surface area contributed by atoms with E-state index in [0.29, 0.717) is 6.54 Å². The average Bonchev–Trinajstić information content (AvgIpc) is 3.54. The molecule has 3 aliphatic rings. The van der Waals surface area contributed by atoms with Gasteiger partial charge in [0.2, 0.25) is 11.8 Å². The fourth-order valence-corrected chi connectivity index (χ4v) is 4.66. The Hall–Kier alpha value is -4.01. The van der Waals surface area contributed by atoms with Crippen LogP contribution in [-0.2, 0) is 16.0 Å². The van der Waals surface area contributed by atoms with Crippen LogP contribution in [0, 0.1) is 11.8 Å². The maximum Gasteiger partial charge on any atom is 0.243 e. The normalized spacial score (nSPS) is 25.0. The lowest BCUT2D eigenvalue weighted by molar-refractivity contribution is -0.137. The summed E-state index contributed by atoms with van der Waals surface area (Å²) in [5.41, 5.74) is 2.36. The monoisotopic (exact) mass is 508 g/mol. The molecule has 3 N–H and O–H groups in total. The zero-order valence-electron chi connectivity index (χ0n) is 20.3. The molecule has 0 radical (unpaired) electrons. The van der Waals surface area contributed by atoms with E-state index in [0.717, 1.165) is 29.2 Å². The molecule has 0 aromatic heterocycles. The SMILES string of the molecule is O=C(NCC1=CC2C=NC=CC2N1)C1CC(CF)CN1C(=O)Cc1ccc(\C=C/C(F)=C\C=C\O)cc1. The molecule has 0 saturated carbocycles. The zero-order chi connectivity index (χ0) is 26.2. The summed E-state index contributed by atoms with van der Waals surface area (Å²) < 4.78 is 27.0. The molecule has 1 aromatic rings. The quantitative estimate of drug-likeness (QED) is 0.351. The number of likely N-dealkylation sites (tertiary alicyclic amines) is 1. The minimum atomic E-state index is -0.719. The number of hydrogen-bond acceptors (Lipinski definition) is 5. The van der Waals surface area contributed by atoms with Crippen LogP contribution in [0.4, 0.5) is 8.78 Å². The van der Waals surface area contributed by atoms with Crippen LogP contribution in [0.25, 0.3) is 6.08 Å². The van der Waals surface area contributed by atoms with Crippen molar-refractivity contribution in [1.82, 2.24) is 15.5 Å². The third-order valence-corrected chi connectivity index (χ3v) is 6.59. The molecule has 194 valence electrons. The summed E-state index contributed by atoms with van der Waals surface area (Å²) in [5, 5.41) is 14.8. The summed E-state index contributed by atoms with van der Waals surface area (Å²) in [6, 6.07) is 6.45. The van der Waals surface area contributed by atoms with Crippen LogP contribution in [0.1, 0.15) is 17.5 Å². The van der Waals surface area contributed by atoms with E-state index in [1.165, 1.54) is 17.1 Å². The first-order valence-corrected chi connectivity index (χ1v) is 12.2. The molecule has 0 aliphatic carbocycles. The Kier molecular flexibility index (Phi) is 8.66. The average molecular weight is 509 g/mol. The van der Waals surface area contributed by atoms with Crippen LogP contribution in [0.15, 0.2) is 83.6 Å². The molecule has 4 atom stereocenters. The first-order valence-electron chi connectivity index (χ1n) is 12.2. The van der Waals surface area contributed by atoms with E-state index >= 15 is 0 Å². The van der Waals surface area contributed by atoms with Crippen molar-refractivity contribution in [2.45, 2.75) is 24.9 Å². The third-order valence-electron chi connectivity index (χ3n) is 6.59.